The lowest BCUT2D eigenvalue weighted by molar-refractivity contribution is 0.0985. The molecule has 0 saturated heterocycles. The maximum atomic E-state index is 13.4. The minimum absolute atomic E-state index is 0.0148. The van der Waals surface area contributed by atoms with E-state index in [1.165, 1.54) is 18.4 Å². The van der Waals surface area contributed by atoms with E-state index in [9.17, 15) is 9.59 Å². The lowest BCUT2D eigenvalue weighted by Crippen LogP contribution is -2.31. The highest BCUT2D eigenvalue weighted by atomic mass is 16.5. The molecule has 0 aliphatic carbocycles. The smallest absolute Gasteiger partial charge is 0.259 e. The zero-order valence-corrected chi connectivity index (χ0v) is 24.0. The lowest BCUT2D eigenvalue weighted by atomic mass is 10.1. The highest BCUT2D eigenvalue weighted by molar-refractivity contribution is 6.08. The number of para-hydroxylation sites is 2. The van der Waals surface area contributed by atoms with Gasteiger partial charge >= 0.3 is 0 Å². The number of nitrogens with one attached hydrogen (secondary N) is 1. The number of aryl methyl sites for hydroxylation is 1. The summed E-state index contributed by atoms with van der Waals surface area (Å²) in [6.45, 7) is 9.07. The van der Waals surface area contributed by atoms with Gasteiger partial charge in [0.05, 0.1) is 12.2 Å². The molecule has 1 aliphatic rings. The number of benzene rings is 3. The molecular weight excluding hydrogens is 498 g/mol. The molecule has 3 aromatic carbocycles. The topological polar surface area (TPSA) is 61.9 Å². The minimum Gasteiger partial charge on any atom is -0.493 e. The SMILES string of the molecule is CCN(CC)CCCCCCOc1ccccc1C(=O)Nc1ccc(C(=O)N2CCCCc3ccccc32)cc1. The van der Waals surface area contributed by atoms with E-state index >= 15 is 0 Å². The highest BCUT2D eigenvalue weighted by Crippen LogP contribution is 2.28. The molecule has 0 unspecified atom stereocenters. The number of hydrogen-bond donors (Lipinski definition) is 1. The maximum absolute atomic E-state index is 13.4. The van der Waals surface area contributed by atoms with E-state index in [1.54, 1.807) is 30.3 Å². The van der Waals surface area contributed by atoms with Gasteiger partial charge in [-0.1, -0.05) is 57.0 Å². The second-order valence-corrected chi connectivity index (χ2v) is 10.4. The van der Waals surface area contributed by atoms with Crippen LogP contribution in [0.5, 0.6) is 5.75 Å². The van der Waals surface area contributed by atoms with Gasteiger partial charge in [0.1, 0.15) is 5.75 Å². The van der Waals surface area contributed by atoms with Gasteiger partial charge in [-0.15, -0.1) is 0 Å². The molecule has 1 heterocycles. The number of nitrogens with zero attached hydrogens (tertiary/aromatic N) is 2. The summed E-state index contributed by atoms with van der Waals surface area (Å²) < 4.78 is 6.00. The van der Waals surface area contributed by atoms with Gasteiger partial charge in [0.25, 0.3) is 11.8 Å². The first-order chi connectivity index (χ1) is 19.6. The van der Waals surface area contributed by atoms with Crippen LogP contribution < -0.4 is 15.0 Å². The molecule has 3 aromatic rings. The molecule has 1 N–H and O–H groups in total. The van der Waals surface area contributed by atoms with Gasteiger partial charge in [0, 0.05) is 23.5 Å². The van der Waals surface area contributed by atoms with Crippen LogP contribution in [0.25, 0.3) is 0 Å². The first-order valence-corrected chi connectivity index (χ1v) is 14.9. The monoisotopic (exact) mass is 541 g/mol. The first kappa shape index (κ1) is 29.3. The first-order valence-electron chi connectivity index (χ1n) is 14.9. The molecule has 0 radical (unpaired) electrons. The zero-order chi connectivity index (χ0) is 28.2. The number of fused-ring (bicyclic) bond motifs is 1. The van der Waals surface area contributed by atoms with Gasteiger partial charge in [0.15, 0.2) is 0 Å². The summed E-state index contributed by atoms with van der Waals surface area (Å²) in [5.41, 5.74) is 3.97. The Balaban J connectivity index is 1.30. The summed E-state index contributed by atoms with van der Waals surface area (Å²) in [5.74, 6) is 0.351. The predicted molar refractivity (Wildman–Crippen MR) is 164 cm³/mol. The number of anilines is 2. The van der Waals surface area contributed by atoms with E-state index in [0.29, 0.717) is 35.7 Å². The zero-order valence-electron chi connectivity index (χ0n) is 24.0. The fraction of sp³-hybridized carbons (Fsp3) is 0.412. The second kappa shape index (κ2) is 15.2. The number of rotatable bonds is 13. The molecule has 4 rings (SSSR count). The number of unbranched alkanes of at least 4 members (excludes halogenated alkanes) is 3. The Labute approximate surface area is 239 Å². The van der Waals surface area contributed by atoms with Crippen LogP contribution in [-0.4, -0.2) is 49.5 Å². The summed E-state index contributed by atoms with van der Waals surface area (Å²) in [6, 6.07) is 22.7. The third-order valence-corrected chi connectivity index (χ3v) is 7.65. The molecular formula is C34H43N3O3. The summed E-state index contributed by atoms with van der Waals surface area (Å²) in [7, 11) is 0. The van der Waals surface area contributed by atoms with Crippen LogP contribution in [-0.2, 0) is 6.42 Å². The van der Waals surface area contributed by atoms with Crippen molar-refractivity contribution in [3.8, 4) is 5.75 Å². The fourth-order valence-electron chi connectivity index (χ4n) is 5.25. The fourth-order valence-corrected chi connectivity index (χ4v) is 5.25. The average molecular weight is 542 g/mol. The van der Waals surface area contributed by atoms with Gasteiger partial charge in [-0.05, 0) is 99.8 Å². The van der Waals surface area contributed by atoms with Crippen LogP contribution in [0.4, 0.5) is 11.4 Å². The van der Waals surface area contributed by atoms with Crippen LogP contribution in [0.3, 0.4) is 0 Å². The third kappa shape index (κ3) is 7.95. The molecule has 6 heteroatoms. The van der Waals surface area contributed by atoms with E-state index in [-0.39, 0.29) is 11.8 Å². The predicted octanol–water partition coefficient (Wildman–Crippen LogP) is 7.20. The summed E-state index contributed by atoms with van der Waals surface area (Å²) >= 11 is 0. The van der Waals surface area contributed by atoms with E-state index in [4.69, 9.17) is 4.74 Å². The molecule has 6 nitrogen and oxygen atoms in total. The standard InChI is InChI=1S/C34H43N3O3/c1-3-36(4-2)24-12-5-6-14-26-40-32-19-10-8-17-30(32)33(38)35-29-22-20-28(21-23-29)34(39)37-25-13-11-16-27-15-7-9-18-31(27)37/h7-10,15,17-23H,3-6,11-14,16,24-26H2,1-2H3,(H,35,38). The van der Waals surface area contributed by atoms with Crippen LogP contribution in [0.15, 0.2) is 72.8 Å². The van der Waals surface area contributed by atoms with E-state index in [1.807, 2.05) is 41.3 Å². The van der Waals surface area contributed by atoms with Crippen LogP contribution in [0.1, 0.15) is 78.7 Å². The van der Waals surface area contributed by atoms with Gasteiger partial charge in [-0.3, -0.25) is 9.59 Å². The number of hydrogen-bond acceptors (Lipinski definition) is 4. The van der Waals surface area contributed by atoms with Gasteiger partial charge in [-0.25, -0.2) is 0 Å². The Morgan fingerprint density at radius 2 is 1.57 bits per heavy atom. The minimum atomic E-state index is -0.227. The molecule has 40 heavy (non-hydrogen) atoms. The normalized spacial score (nSPS) is 13.0. The van der Waals surface area contributed by atoms with Crippen molar-refractivity contribution in [2.24, 2.45) is 0 Å². The summed E-state index contributed by atoms with van der Waals surface area (Å²) in [6.07, 6.45) is 7.52. The van der Waals surface area contributed by atoms with Crippen molar-refractivity contribution in [2.45, 2.75) is 58.8 Å². The van der Waals surface area contributed by atoms with Crippen molar-refractivity contribution in [2.75, 3.05) is 43.0 Å². The molecule has 0 bridgehead atoms. The van der Waals surface area contributed by atoms with E-state index in [0.717, 1.165) is 57.4 Å². The average Bonchev–Trinajstić information content (AvgIpc) is 3.21. The lowest BCUT2D eigenvalue weighted by Gasteiger charge is -2.23. The Kier molecular flexibility index (Phi) is 11.2. The molecule has 0 atom stereocenters. The highest BCUT2D eigenvalue weighted by Gasteiger charge is 2.22. The molecule has 212 valence electrons. The largest absolute Gasteiger partial charge is 0.493 e. The summed E-state index contributed by atoms with van der Waals surface area (Å²) in [5, 5.41) is 2.96. The molecule has 1 aliphatic heterocycles. The van der Waals surface area contributed by atoms with Crippen molar-refractivity contribution < 1.29 is 14.3 Å². The Hall–Kier alpha value is -3.64. The van der Waals surface area contributed by atoms with Crippen molar-refractivity contribution in [3.05, 3.63) is 89.5 Å². The van der Waals surface area contributed by atoms with Crippen molar-refractivity contribution >= 4 is 23.2 Å². The molecule has 2 amide bonds. The van der Waals surface area contributed by atoms with E-state index in [2.05, 4.69) is 30.1 Å². The van der Waals surface area contributed by atoms with Crippen LogP contribution >= 0.6 is 0 Å². The number of carbonyl (C=O) groups excluding carboxylic acids is 2. The molecule has 0 fully saturated rings. The second-order valence-electron chi connectivity index (χ2n) is 10.4. The molecule has 0 aromatic heterocycles. The number of carbonyl (C=O) groups is 2. The third-order valence-electron chi connectivity index (χ3n) is 7.65. The molecule has 0 saturated carbocycles. The quantitative estimate of drug-likeness (QED) is 0.232. The number of amides is 2. The Bertz CT molecular complexity index is 1240. The van der Waals surface area contributed by atoms with Crippen molar-refractivity contribution in [1.29, 1.82) is 0 Å². The molecule has 0 spiro atoms. The van der Waals surface area contributed by atoms with Gasteiger partial charge in [0.2, 0.25) is 0 Å². The van der Waals surface area contributed by atoms with Crippen molar-refractivity contribution in [3.63, 3.8) is 0 Å². The van der Waals surface area contributed by atoms with Crippen LogP contribution in [0.2, 0.25) is 0 Å². The maximum Gasteiger partial charge on any atom is 0.259 e. The van der Waals surface area contributed by atoms with E-state index < -0.39 is 0 Å². The van der Waals surface area contributed by atoms with Gasteiger partial charge < -0.3 is 19.9 Å². The summed E-state index contributed by atoms with van der Waals surface area (Å²) in [4.78, 5) is 30.8. The Morgan fingerprint density at radius 3 is 2.38 bits per heavy atom. The van der Waals surface area contributed by atoms with Gasteiger partial charge in [-0.2, -0.15) is 0 Å². The van der Waals surface area contributed by atoms with Crippen molar-refractivity contribution in [1.82, 2.24) is 4.90 Å². The number of ether oxygens (including phenoxy) is 1. The van der Waals surface area contributed by atoms with Crippen LogP contribution in [0, 0.1) is 0 Å². The Morgan fingerprint density at radius 1 is 0.850 bits per heavy atom.